The van der Waals surface area contributed by atoms with Crippen LogP contribution in [0.25, 0.3) is 0 Å². The molecule has 86 valence electrons. The third-order valence-corrected chi connectivity index (χ3v) is 2.49. The fourth-order valence-corrected chi connectivity index (χ4v) is 1.27. The zero-order valence-corrected chi connectivity index (χ0v) is 9.93. The first-order chi connectivity index (χ1) is 7.52. The van der Waals surface area contributed by atoms with Gasteiger partial charge in [-0.2, -0.15) is 0 Å². The standard InChI is InChI=1S/C13H17NO2/c1-10(2)12(15)9-13(16)14(3)11-7-5-4-6-8-11/h4-8,10H,9H2,1-3H3. The normalized spacial score (nSPS) is 10.2. The van der Waals surface area contributed by atoms with Crippen molar-refractivity contribution < 1.29 is 9.59 Å². The van der Waals surface area contributed by atoms with E-state index < -0.39 is 0 Å². The molecule has 1 aromatic carbocycles. The van der Waals surface area contributed by atoms with Gasteiger partial charge in [0.15, 0.2) is 0 Å². The Morgan fingerprint density at radius 3 is 2.25 bits per heavy atom. The van der Waals surface area contributed by atoms with Gasteiger partial charge in [-0.15, -0.1) is 0 Å². The van der Waals surface area contributed by atoms with Gasteiger partial charge in [-0.05, 0) is 12.1 Å². The average molecular weight is 219 g/mol. The molecule has 0 unspecified atom stereocenters. The topological polar surface area (TPSA) is 37.4 Å². The molecule has 0 radical (unpaired) electrons. The van der Waals surface area contributed by atoms with Crippen molar-refractivity contribution in [3.63, 3.8) is 0 Å². The van der Waals surface area contributed by atoms with Crippen molar-refractivity contribution in [3.05, 3.63) is 30.3 Å². The number of benzene rings is 1. The first-order valence-electron chi connectivity index (χ1n) is 5.36. The van der Waals surface area contributed by atoms with Crippen molar-refractivity contribution in [2.24, 2.45) is 5.92 Å². The molecule has 0 bridgehead atoms. The second-order valence-corrected chi connectivity index (χ2v) is 4.09. The Kier molecular flexibility index (Phi) is 4.23. The van der Waals surface area contributed by atoms with Gasteiger partial charge in [0.2, 0.25) is 5.91 Å². The third-order valence-electron chi connectivity index (χ3n) is 2.49. The maximum atomic E-state index is 11.8. The van der Waals surface area contributed by atoms with Crippen molar-refractivity contribution in [1.82, 2.24) is 0 Å². The lowest BCUT2D eigenvalue weighted by Gasteiger charge is -2.17. The molecule has 0 aliphatic carbocycles. The number of Topliss-reactive ketones (excluding diaryl/α,β-unsaturated/α-hetero) is 1. The number of rotatable bonds is 4. The number of nitrogens with zero attached hydrogens (tertiary/aromatic N) is 1. The van der Waals surface area contributed by atoms with Crippen LogP contribution in [0.1, 0.15) is 20.3 Å². The highest BCUT2D eigenvalue weighted by atomic mass is 16.2. The summed E-state index contributed by atoms with van der Waals surface area (Å²) in [6, 6.07) is 9.31. The Morgan fingerprint density at radius 1 is 1.19 bits per heavy atom. The number of amides is 1. The Labute approximate surface area is 96.1 Å². The maximum absolute atomic E-state index is 11.8. The number of anilines is 1. The van der Waals surface area contributed by atoms with Gasteiger partial charge in [0.1, 0.15) is 5.78 Å². The Balaban J connectivity index is 2.65. The second-order valence-electron chi connectivity index (χ2n) is 4.09. The van der Waals surface area contributed by atoms with E-state index in [0.717, 1.165) is 5.69 Å². The van der Waals surface area contributed by atoms with Crippen LogP contribution in [-0.4, -0.2) is 18.7 Å². The molecule has 1 rings (SSSR count). The molecule has 1 amide bonds. The van der Waals surface area contributed by atoms with Crippen LogP contribution in [0.3, 0.4) is 0 Å². The largest absolute Gasteiger partial charge is 0.315 e. The van der Waals surface area contributed by atoms with Crippen LogP contribution < -0.4 is 4.90 Å². The van der Waals surface area contributed by atoms with Gasteiger partial charge in [-0.25, -0.2) is 0 Å². The van der Waals surface area contributed by atoms with Crippen molar-refractivity contribution >= 4 is 17.4 Å². The van der Waals surface area contributed by atoms with Gasteiger partial charge >= 0.3 is 0 Å². The summed E-state index contributed by atoms with van der Waals surface area (Å²) in [5.74, 6) is -0.272. The summed E-state index contributed by atoms with van der Waals surface area (Å²) in [6.07, 6.45) is -0.0247. The monoisotopic (exact) mass is 219 g/mol. The number of hydrogen-bond donors (Lipinski definition) is 0. The van der Waals surface area contributed by atoms with E-state index >= 15 is 0 Å². The number of ketones is 1. The number of carbonyl (C=O) groups excluding carboxylic acids is 2. The van der Waals surface area contributed by atoms with Gasteiger partial charge in [-0.3, -0.25) is 9.59 Å². The molecular formula is C13H17NO2. The molecule has 0 heterocycles. The SMILES string of the molecule is CC(C)C(=O)CC(=O)N(C)c1ccccc1. The lowest BCUT2D eigenvalue weighted by Crippen LogP contribution is -2.29. The summed E-state index contributed by atoms with van der Waals surface area (Å²) in [4.78, 5) is 24.7. The van der Waals surface area contributed by atoms with Gasteiger partial charge < -0.3 is 4.90 Å². The Bertz CT molecular complexity index is 371. The van der Waals surface area contributed by atoms with Crippen molar-refractivity contribution in [3.8, 4) is 0 Å². The minimum absolute atomic E-state index is 0.0206. The molecule has 0 N–H and O–H groups in total. The maximum Gasteiger partial charge on any atom is 0.234 e. The Hall–Kier alpha value is -1.64. The molecule has 0 aliphatic rings. The van der Waals surface area contributed by atoms with E-state index in [2.05, 4.69) is 0 Å². The van der Waals surface area contributed by atoms with Crippen molar-refractivity contribution in [1.29, 1.82) is 0 Å². The molecule has 0 aromatic heterocycles. The minimum atomic E-state index is -0.162. The van der Waals surface area contributed by atoms with Crippen molar-refractivity contribution in [2.75, 3.05) is 11.9 Å². The number of hydrogen-bond acceptors (Lipinski definition) is 2. The van der Waals surface area contributed by atoms with E-state index in [-0.39, 0.29) is 24.0 Å². The van der Waals surface area contributed by atoms with E-state index in [0.29, 0.717) is 0 Å². The molecule has 0 fully saturated rings. The number of carbonyl (C=O) groups is 2. The molecule has 3 heteroatoms. The summed E-state index contributed by atoms with van der Waals surface area (Å²) in [6.45, 7) is 3.61. The van der Waals surface area contributed by atoms with Crippen molar-refractivity contribution in [2.45, 2.75) is 20.3 Å². The van der Waals surface area contributed by atoms with E-state index in [1.807, 2.05) is 30.3 Å². The summed E-state index contributed by atoms with van der Waals surface area (Å²) in [7, 11) is 1.69. The molecule has 0 atom stereocenters. The molecule has 3 nitrogen and oxygen atoms in total. The highest BCUT2D eigenvalue weighted by molar-refractivity contribution is 6.05. The van der Waals surface area contributed by atoms with E-state index in [4.69, 9.17) is 0 Å². The number of para-hydroxylation sites is 1. The quantitative estimate of drug-likeness (QED) is 0.728. The third kappa shape index (κ3) is 3.19. The molecule has 0 spiro atoms. The zero-order valence-electron chi connectivity index (χ0n) is 9.93. The molecular weight excluding hydrogens is 202 g/mol. The highest BCUT2D eigenvalue weighted by Crippen LogP contribution is 2.13. The van der Waals surface area contributed by atoms with Crippen LogP contribution in [-0.2, 0) is 9.59 Å². The van der Waals surface area contributed by atoms with Gasteiger partial charge in [0.25, 0.3) is 0 Å². The lowest BCUT2D eigenvalue weighted by molar-refractivity contribution is -0.128. The molecule has 0 saturated carbocycles. The van der Waals surface area contributed by atoms with E-state index in [1.54, 1.807) is 20.9 Å². The van der Waals surface area contributed by atoms with Gasteiger partial charge in [0.05, 0.1) is 6.42 Å². The van der Waals surface area contributed by atoms with Gasteiger partial charge in [-0.1, -0.05) is 32.0 Å². The molecule has 0 saturated heterocycles. The van der Waals surface area contributed by atoms with Crippen LogP contribution in [0.15, 0.2) is 30.3 Å². The summed E-state index contributed by atoms with van der Waals surface area (Å²) in [5, 5.41) is 0. The predicted octanol–water partition coefficient (Wildman–Crippen LogP) is 2.26. The smallest absolute Gasteiger partial charge is 0.234 e. The highest BCUT2D eigenvalue weighted by Gasteiger charge is 2.16. The second kappa shape index (κ2) is 5.45. The Morgan fingerprint density at radius 2 is 1.75 bits per heavy atom. The fourth-order valence-electron chi connectivity index (χ4n) is 1.27. The predicted molar refractivity (Wildman–Crippen MR) is 64.3 cm³/mol. The first kappa shape index (κ1) is 12.4. The lowest BCUT2D eigenvalue weighted by atomic mass is 10.1. The molecule has 16 heavy (non-hydrogen) atoms. The molecule has 1 aromatic rings. The zero-order chi connectivity index (χ0) is 12.1. The molecule has 0 aliphatic heterocycles. The summed E-state index contributed by atoms with van der Waals surface area (Å²) in [5.41, 5.74) is 0.809. The average Bonchev–Trinajstić information content (AvgIpc) is 2.28. The minimum Gasteiger partial charge on any atom is -0.315 e. The van der Waals surface area contributed by atoms with Gasteiger partial charge in [0, 0.05) is 18.7 Å². The summed E-state index contributed by atoms with van der Waals surface area (Å²) < 4.78 is 0. The van der Waals surface area contributed by atoms with Crippen LogP contribution >= 0.6 is 0 Å². The summed E-state index contributed by atoms with van der Waals surface area (Å²) >= 11 is 0. The first-order valence-corrected chi connectivity index (χ1v) is 5.36. The van der Waals surface area contributed by atoms with Crippen LogP contribution in [0, 0.1) is 5.92 Å². The van der Waals surface area contributed by atoms with E-state index in [1.165, 1.54) is 4.90 Å². The fraction of sp³-hybridized carbons (Fsp3) is 0.385. The van der Waals surface area contributed by atoms with Crippen LogP contribution in [0.4, 0.5) is 5.69 Å². The van der Waals surface area contributed by atoms with Crippen LogP contribution in [0.2, 0.25) is 0 Å². The van der Waals surface area contributed by atoms with Crippen LogP contribution in [0.5, 0.6) is 0 Å². The van der Waals surface area contributed by atoms with E-state index in [9.17, 15) is 9.59 Å².